The third kappa shape index (κ3) is 3.48. The van der Waals surface area contributed by atoms with Crippen LogP contribution < -0.4 is 5.32 Å². The molecule has 1 aromatic rings. The largest absolute Gasteiger partial charge is 0.356 e. The van der Waals surface area contributed by atoms with E-state index in [1.54, 1.807) is 4.90 Å². The van der Waals surface area contributed by atoms with Crippen LogP contribution in [0.2, 0.25) is 0 Å². The van der Waals surface area contributed by atoms with E-state index in [-0.39, 0.29) is 23.5 Å². The van der Waals surface area contributed by atoms with Crippen LogP contribution in [0.25, 0.3) is 0 Å². The molecule has 6 heteroatoms. The van der Waals surface area contributed by atoms with Crippen molar-refractivity contribution in [3.05, 3.63) is 22.5 Å². The van der Waals surface area contributed by atoms with Crippen LogP contribution in [0.5, 0.6) is 0 Å². The number of hydrogen-bond donors (Lipinski definition) is 2. The molecule has 0 saturated carbocycles. The summed E-state index contributed by atoms with van der Waals surface area (Å²) in [6.45, 7) is 5.76. The number of aryl methyl sites for hydroxylation is 1. The number of nitrogens with one attached hydrogen (secondary N) is 2. The van der Waals surface area contributed by atoms with Crippen LogP contribution in [0.15, 0.2) is 0 Å². The second kappa shape index (κ2) is 7.42. The van der Waals surface area contributed by atoms with Crippen molar-refractivity contribution in [2.45, 2.75) is 52.4 Å². The molecule has 1 aromatic heterocycles. The lowest BCUT2D eigenvalue weighted by Gasteiger charge is -2.31. The van der Waals surface area contributed by atoms with Crippen LogP contribution in [0.1, 0.15) is 71.1 Å². The molecule has 1 saturated heterocycles. The maximum atomic E-state index is 12.9. The Morgan fingerprint density at radius 1 is 1.24 bits per heavy atom. The number of aromatic nitrogens is 1. The van der Waals surface area contributed by atoms with E-state index < -0.39 is 0 Å². The van der Waals surface area contributed by atoms with Crippen molar-refractivity contribution in [2.75, 3.05) is 19.6 Å². The van der Waals surface area contributed by atoms with Gasteiger partial charge in [0.1, 0.15) is 5.69 Å². The van der Waals surface area contributed by atoms with E-state index in [9.17, 15) is 14.4 Å². The number of hydrogen-bond acceptors (Lipinski definition) is 3. The molecule has 0 atom stereocenters. The van der Waals surface area contributed by atoms with E-state index in [2.05, 4.69) is 10.3 Å². The molecule has 2 heterocycles. The average Bonchev–Trinajstić information content (AvgIpc) is 2.97. The van der Waals surface area contributed by atoms with E-state index in [4.69, 9.17) is 0 Å². The van der Waals surface area contributed by atoms with Gasteiger partial charge in [0.05, 0.1) is 0 Å². The third-order valence-corrected chi connectivity index (χ3v) is 5.35. The van der Waals surface area contributed by atoms with Gasteiger partial charge in [-0.05, 0) is 44.6 Å². The molecule has 1 aliphatic carbocycles. The number of aromatic amines is 1. The molecule has 1 aliphatic heterocycles. The zero-order chi connectivity index (χ0) is 18.0. The second-order valence-corrected chi connectivity index (χ2v) is 7.11. The predicted molar refractivity (Wildman–Crippen MR) is 94.7 cm³/mol. The molecule has 6 nitrogen and oxygen atoms in total. The first-order valence-corrected chi connectivity index (χ1v) is 9.34. The van der Waals surface area contributed by atoms with Gasteiger partial charge in [-0.2, -0.15) is 0 Å². The van der Waals surface area contributed by atoms with Gasteiger partial charge in [0.25, 0.3) is 5.91 Å². The molecule has 3 rings (SSSR count). The number of amides is 2. The van der Waals surface area contributed by atoms with Gasteiger partial charge in [-0.1, -0.05) is 6.92 Å². The van der Waals surface area contributed by atoms with Crippen molar-refractivity contribution in [1.82, 2.24) is 15.2 Å². The summed E-state index contributed by atoms with van der Waals surface area (Å²) in [6, 6.07) is 0. The van der Waals surface area contributed by atoms with E-state index in [0.717, 1.165) is 36.1 Å². The SMILES string of the molecule is CCCNC(=O)C1CCN(C(=O)c2[nH]c3c(c2C)C(=O)CCC3)CC1. The summed E-state index contributed by atoms with van der Waals surface area (Å²) in [7, 11) is 0. The number of fused-ring (bicyclic) bond motifs is 1. The highest BCUT2D eigenvalue weighted by Gasteiger charge is 2.31. The standard InChI is InChI=1S/C19H27N3O3/c1-3-9-20-18(24)13-7-10-22(11-8-13)19(25)17-12(2)16-14(21-17)5-4-6-15(16)23/h13,21H,3-11H2,1-2H3,(H,20,24). The second-order valence-electron chi connectivity index (χ2n) is 7.11. The number of carbonyl (C=O) groups is 3. The Morgan fingerprint density at radius 2 is 1.96 bits per heavy atom. The summed E-state index contributed by atoms with van der Waals surface area (Å²) in [5, 5.41) is 2.94. The first kappa shape index (κ1) is 17.7. The Hall–Kier alpha value is -2.11. The zero-order valence-corrected chi connectivity index (χ0v) is 15.1. The molecular formula is C19H27N3O3. The van der Waals surface area contributed by atoms with Crippen molar-refractivity contribution < 1.29 is 14.4 Å². The fourth-order valence-electron chi connectivity index (χ4n) is 3.88. The molecular weight excluding hydrogens is 318 g/mol. The summed E-state index contributed by atoms with van der Waals surface area (Å²) in [6.07, 6.45) is 4.56. The molecule has 2 aliphatic rings. The van der Waals surface area contributed by atoms with Gasteiger partial charge in [0, 0.05) is 43.2 Å². The summed E-state index contributed by atoms with van der Waals surface area (Å²) in [4.78, 5) is 42.1. The maximum Gasteiger partial charge on any atom is 0.270 e. The minimum Gasteiger partial charge on any atom is -0.356 e. The van der Waals surface area contributed by atoms with Gasteiger partial charge in [-0.25, -0.2) is 0 Å². The highest BCUT2D eigenvalue weighted by atomic mass is 16.2. The molecule has 0 spiro atoms. The van der Waals surface area contributed by atoms with Crippen LogP contribution in [-0.4, -0.2) is 47.1 Å². The van der Waals surface area contributed by atoms with Gasteiger partial charge in [-0.15, -0.1) is 0 Å². The molecule has 0 radical (unpaired) electrons. The van der Waals surface area contributed by atoms with Gasteiger partial charge in [0.15, 0.2) is 5.78 Å². The van der Waals surface area contributed by atoms with Crippen LogP contribution in [0.4, 0.5) is 0 Å². The number of carbonyl (C=O) groups excluding carboxylic acids is 3. The van der Waals surface area contributed by atoms with Crippen LogP contribution in [-0.2, 0) is 11.2 Å². The monoisotopic (exact) mass is 345 g/mol. The molecule has 0 aromatic carbocycles. The van der Waals surface area contributed by atoms with Gasteiger partial charge in [0.2, 0.25) is 5.91 Å². The Balaban J connectivity index is 1.66. The van der Waals surface area contributed by atoms with Gasteiger partial charge < -0.3 is 15.2 Å². The fraction of sp³-hybridized carbons (Fsp3) is 0.632. The number of nitrogens with zero attached hydrogens (tertiary/aromatic N) is 1. The Bertz CT molecular complexity index is 684. The number of Topliss-reactive ketones (excluding diaryl/α,β-unsaturated/α-hetero) is 1. The normalized spacial score (nSPS) is 18.2. The van der Waals surface area contributed by atoms with Crippen molar-refractivity contribution in [3.63, 3.8) is 0 Å². The van der Waals surface area contributed by atoms with E-state index in [1.165, 1.54) is 0 Å². The molecule has 0 unspecified atom stereocenters. The topological polar surface area (TPSA) is 82.3 Å². The van der Waals surface area contributed by atoms with Crippen molar-refractivity contribution in [2.24, 2.45) is 5.92 Å². The summed E-state index contributed by atoms with van der Waals surface area (Å²) < 4.78 is 0. The summed E-state index contributed by atoms with van der Waals surface area (Å²) in [5.41, 5.74) is 2.97. The first-order chi connectivity index (χ1) is 12.0. The number of likely N-dealkylation sites (tertiary alicyclic amines) is 1. The molecule has 1 fully saturated rings. The van der Waals surface area contributed by atoms with Crippen molar-refractivity contribution in [3.8, 4) is 0 Å². The van der Waals surface area contributed by atoms with E-state index in [1.807, 2.05) is 13.8 Å². The minimum absolute atomic E-state index is 0.00452. The third-order valence-electron chi connectivity index (χ3n) is 5.35. The van der Waals surface area contributed by atoms with E-state index >= 15 is 0 Å². The van der Waals surface area contributed by atoms with Gasteiger partial charge >= 0.3 is 0 Å². The fourth-order valence-corrected chi connectivity index (χ4v) is 3.88. The number of piperidine rings is 1. The Labute approximate surface area is 148 Å². The average molecular weight is 345 g/mol. The highest BCUT2D eigenvalue weighted by Crippen LogP contribution is 2.28. The molecule has 136 valence electrons. The quantitative estimate of drug-likeness (QED) is 0.878. The summed E-state index contributed by atoms with van der Waals surface area (Å²) in [5.74, 6) is 0.189. The van der Waals surface area contributed by atoms with Crippen molar-refractivity contribution in [1.29, 1.82) is 0 Å². The molecule has 0 bridgehead atoms. The van der Waals surface area contributed by atoms with Crippen molar-refractivity contribution >= 4 is 17.6 Å². The highest BCUT2D eigenvalue weighted by molar-refractivity contribution is 6.04. The summed E-state index contributed by atoms with van der Waals surface area (Å²) >= 11 is 0. The maximum absolute atomic E-state index is 12.9. The first-order valence-electron chi connectivity index (χ1n) is 9.34. The number of H-pyrrole nitrogens is 1. The molecule has 2 amide bonds. The van der Waals surface area contributed by atoms with Crippen LogP contribution >= 0.6 is 0 Å². The number of rotatable bonds is 4. The molecule has 2 N–H and O–H groups in total. The zero-order valence-electron chi connectivity index (χ0n) is 15.1. The predicted octanol–water partition coefficient (Wildman–Crippen LogP) is 2.22. The number of ketones is 1. The Morgan fingerprint density at radius 3 is 2.60 bits per heavy atom. The van der Waals surface area contributed by atoms with Gasteiger partial charge in [-0.3, -0.25) is 14.4 Å². The Kier molecular flexibility index (Phi) is 5.25. The van der Waals surface area contributed by atoms with Crippen LogP contribution in [0, 0.1) is 12.8 Å². The lowest BCUT2D eigenvalue weighted by Crippen LogP contribution is -2.43. The van der Waals surface area contributed by atoms with E-state index in [0.29, 0.717) is 44.6 Å². The van der Waals surface area contributed by atoms with Crippen LogP contribution in [0.3, 0.4) is 0 Å². The smallest absolute Gasteiger partial charge is 0.270 e. The molecule has 25 heavy (non-hydrogen) atoms. The minimum atomic E-state index is -0.0490. The lowest BCUT2D eigenvalue weighted by atomic mass is 9.93. The lowest BCUT2D eigenvalue weighted by molar-refractivity contribution is -0.126.